The molecular weight excluding hydrogens is 270 g/mol. The Morgan fingerprint density at radius 3 is 2.71 bits per heavy atom. The number of nitrogens with zero attached hydrogens (tertiary/aromatic N) is 7. The molecular formula is C13H15N7O. The fourth-order valence-electron chi connectivity index (χ4n) is 2.61. The molecule has 2 rings (SSSR count). The molecule has 0 N–H and O–H groups in total. The van der Waals surface area contributed by atoms with Gasteiger partial charge in [-0.25, -0.2) is 0 Å². The van der Waals surface area contributed by atoms with Crippen molar-refractivity contribution in [2.45, 2.75) is 25.3 Å². The molecule has 0 unspecified atom stereocenters. The molecule has 0 aliphatic carbocycles. The molecule has 0 spiro atoms. The monoisotopic (exact) mass is 285 g/mol. The van der Waals surface area contributed by atoms with Gasteiger partial charge in [0.2, 0.25) is 5.91 Å². The summed E-state index contributed by atoms with van der Waals surface area (Å²) in [5, 5.41) is 7.24. The first-order valence-corrected chi connectivity index (χ1v) is 6.43. The molecule has 0 fully saturated rings. The Kier molecular flexibility index (Phi) is 3.76. The highest BCUT2D eigenvalue weighted by Crippen LogP contribution is 2.42. The molecule has 1 aromatic rings. The Bertz CT molecular complexity index is 688. The summed E-state index contributed by atoms with van der Waals surface area (Å²) >= 11 is 0. The van der Waals surface area contributed by atoms with E-state index in [9.17, 15) is 4.79 Å². The first-order valence-electron chi connectivity index (χ1n) is 6.43. The van der Waals surface area contributed by atoms with E-state index in [1.54, 1.807) is 25.8 Å². The van der Waals surface area contributed by atoms with Crippen LogP contribution in [0.4, 0.5) is 5.69 Å². The summed E-state index contributed by atoms with van der Waals surface area (Å²) in [5.74, 6) is -0.113. The molecule has 0 aromatic heterocycles. The lowest BCUT2D eigenvalue weighted by Crippen LogP contribution is -2.38. The number of likely N-dealkylation sites (N-methyl/N-ethyl adjacent to an activating group) is 1. The van der Waals surface area contributed by atoms with Crippen LogP contribution in [0.1, 0.15) is 31.0 Å². The van der Waals surface area contributed by atoms with Crippen molar-refractivity contribution in [3.63, 3.8) is 0 Å². The van der Waals surface area contributed by atoms with E-state index >= 15 is 0 Å². The molecule has 108 valence electrons. The van der Waals surface area contributed by atoms with Crippen LogP contribution < -0.4 is 4.90 Å². The minimum Gasteiger partial charge on any atom is -0.314 e. The van der Waals surface area contributed by atoms with Gasteiger partial charge in [0.15, 0.2) is 0 Å². The lowest BCUT2D eigenvalue weighted by Gasteiger charge is -2.21. The fraction of sp³-hybridized carbons (Fsp3) is 0.462. The van der Waals surface area contributed by atoms with Crippen molar-refractivity contribution in [1.82, 2.24) is 0 Å². The normalized spacial score (nSPS) is 21.3. The second kappa shape index (κ2) is 5.36. The lowest BCUT2D eigenvalue weighted by atomic mass is 9.83. The number of anilines is 1. The van der Waals surface area contributed by atoms with E-state index in [0.29, 0.717) is 0 Å². The number of hydrogen-bond donors (Lipinski definition) is 0. The standard InChI is InChI=1S/C13H15N7O/c1-8(17-19-15)9-4-5-11-10(6-9)13(2,7-16-18-14)12(21)20(11)3/h4-6,8H,7H2,1-3H3/t8-,13-/m1/s1. The van der Waals surface area contributed by atoms with Gasteiger partial charge >= 0.3 is 0 Å². The van der Waals surface area contributed by atoms with Crippen LogP contribution in [0, 0.1) is 0 Å². The third-order valence-corrected chi connectivity index (χ3v) is 3.91. The highest BCUT2D eigenvalue weighted by atomic mass is 16.2. The van der Waals surface area contributed by atoms with E-state index in [-0.39, 0.29) is 18.5 Å². The van der Waals surface area contributed by atoms with Crippen molar-refractivity contribution in [3.8, 4) is 0 Å². The Morgan fingerprint density at radius 2 is 2.10 bits per heavy atom. The number of fused-ring (bicyclic) bond motifs is 1. The third kappa shape index (κ3) is 2.27. The van der Waals surface area contributed by atoms with Crippen LogP contribution in [0.2, 0.25) is 0 Å². The summed E-state index contributed by atoms with van der Waals surface area (Å²) in [7, 11) is 1.69. The Hall–Kier alpha value is -2.69. The van der Waals surface area contributed by atoms with Crippen LogP contribution in [-0.4, -0.2) is 19.5 Å². The number of azide groups is 2. The van der Waals surface area contributed by atoms with E-state index < -0.39 is 5.41 Å². The molecule has 0 radical (unpaired) electrons. The zero-order valence-electron chi connectivity index (χ0n) is 12.1. The number of carbonyl (C=O) groups excluding carboxylic acids is 1. The molecule has 2 atom stereocenters. The second-order valence-electron chi connectivity index (χ2n) is 5.24. The maximum Gasteiger partial charge on any atom is 0.237 e. The summed E-state index contributed by atoms with van der Waals surface area (Å²) < 4.78 is 0. The largest absolute Gasteiger partial charge is 0.314 e. The highest BCUT2D eigenvalue weighted by Gasteiger charge is 2.45. The molecule has 8 nitrogen and oxygen atoms in total. The minimum atomic E-state index is -0.887. The van der Waals surface area contributed by atoms with Gasteiger partial charge in [0, 0.05) is 29.1 Å². The first-order chi connectivity index (χ1) is 9.95. The van der Waals surface area contributed by atoms with Gasteiger partial charge in [0.25, 0.3) is 0 Å². The van der Waals surface area contributed by atoms with Crippen LogP contribution >= 0.6 is 0 Å². The maximum absolute atomic E-state index is 12.5. The van der Waals surface area contributed by atoms with Gasteiger partial charge in [-0.15, -0.1) is 0 Å². The van der Waals surface area contributed by atoms with Gasteiger partial charge in [-0.2, -0.15) is 0 Å². The molecule has 21 heavy (non-hydrogen) atoms. The molecule has 1 aromatic carbocycles. The number of rotatable bonds is 4. The highest BCUT2D eigenvalue weighted by molar-refractivity contribution is 6.07. The van der Waals surface area contributed by atoms with E-state index in [4.69, 9.17) is 11.1 Å². The quantitative estimate of drug-likeness (QED) is 0.469. The Morgan fingerprint density at radius 1 is 1.38 bits per heavy atom. The van der Waals surface area contributed by atoms with Gasteiger partial charge in [0.05, 0.1) is 11.5 Å². The first kappa shape index (κ1) is 14.7. The van der Waals surface area contributed by atoms with Gasteiger partial charge < -0.3 is 4.90 Å². The zero-order chi connectivity index (χ0) is 15.6. The summed E-state index contributed by atoms with van der Waals surface area (Å²) in [4.78, 5) is 19.6. The predicted molar refractivity (Wildman–Crippen MR) is 78.8 cm³/mol. The van der Waals surface area contributed by atoms with E-state index in [1.807, 2.05) is 18.2 Å². The second-order valence-corrected chi connectivity index (χ2v) is 5.24. The van der Waals surface area contributed by atoms with Gasteiger partial charge in [-0.05, 0) is 35.2 Å². The van der Waals surface area contributed by atoms with Crippen LogP contribution in [0.25, 0.3) is 20.9 Å². The third-order valence-electron chi connectivity index (χ3n) is 3.91. The molecule has 0 bridgehead atoms. The van der Waals surface area contributed by atoms with Crippen molar-refractivity contribution in [2.75, 3.05) is 18.5 Å². The molecule has 0 saturated heterocycles. The lowest BCUT2D eigenvalue weighted by molar-refractivity contribution is -0.122. The maximum atomic E-state index is 12.5. The average molecular weight is 285 g/mol. The van der Waals surface area contributed by atoms with Crippen LogP contribution in [-0.2, 0) is 10.2 Å². The van der Waals surface area contributed by atoms with Gasteiger partial charge in [-0.3, -0.25) is 4.79 Å². The summed E-state index contributed by atoms with van der Waals surface area (Å²) in [5.41, 5.74) is 18.6. The fourth-order valence-corrected chi connectivity index (χ4v) is 2.61. The predicted octanol–water partition coefficient (Wildman–Crippen LogP) is 3.60. The number of amides is 1. The molecule has 1 aliphatic heterocycles. The minimum absolute atomic E-state index is 0.0546. The number of hydrogen-bond acceptors (Lipinski definition) is 3. The van der Waals surface area contributed by atoms with Crippen molar-refractivity contribution in [2.24, 2.45) is 10.2 Å². The van der Waals surface area contributed by atoms with Crippen LogP contribution in [0.3, 0.4) is 0 Å². The molecule has 1 amide bonds. The van der Waals surface area contributed by atoms with Crippen LogP contribution in [0.15, 0.2) is 28.4 Å². The van der Waals surface area contributed by atoms with E-state index in [1.165, 1.54) is 0 Å². The zero-order valence-corrected chi connectivity index (χ0v) is 12.1. The van der Waals surface area contributed by atoms with E-state index in [0.717, 1.165) is 16.8 Å². The number of carbonyl (C=O) groups is 1. The summed E-state index contributed by atoms with van der Waals surface area (Å²) in [6.45, 7) is 3.60. The summed E-state index contributed by atoms with van der Waals surface area (Å²) in [6, 6.07) is 5.18. The van der Waals surface area contributed by atoms with Gasteiger partial charge in [0.1, 0.15) is 0 Å². The molecule has 0 saturated carbocycles. The summed E-state index contributed by atoms with van der Waals surface area (Å²) in [6.07, 6.45) is 0. The van der Waals surface area contributed by atoms with Crippen molar-refractivity contribution in [3.05, 3.63) is 50.2 Å². The smallest absolute Gasteiger partial charge is 0.237 e. The number of benzene rings is 1. The van der Waals surface area contributed by atoms with Gasteiger partial charge in [-0.1, -0.05) is 29.3 Å². The van der Waals surface area contributed by atoms with Crippen molar-refractivity contribution >= 4 is 11.6 Å². The topological polar surface area (TPSA) is 118 Å². The molecule has 1 heterocycles. The molecule has 8 heteroatoms. The molecule has 1 aliphatic rings. The van der Waals surface area contributed by atoms with Crippen LogP contribution in [0.5, 0.6) is 0 Å². The Balaban J connectivity index is 2.57. The van der Waals surface area contributed by atoms with Crippen molar-refractivity contribution in [1.29, 1.82) is 0 Å². The van der Waals surface area contributed by atoms with E-state index in [2.05, 4.69) is 20.1 Å². The average Bonchev–Trinajstić information content (AvgIpc) is 2.67. The Labute approximate surface area is 121 Å². The SMILES string of the molecule is C[C@@H](N=[N+]=[N-])c1ccc2c(c1)[C@@](C)(CN=[N+]=[N-])C(=O)N2C. The van der Waals surface area contributed by atoms with Crippen molar-refractivity contribution < 1.29 is 4.79 Å².